The van der Waals surface area contributed by atoms with E-state index in [-0.39, 0.29) is 5.91 Å². The average Bonchev–Trinajstić information content (AvgIpc) is 3.28. The zero-order chi connectivity index (χ0) is 19.6. The predicted molar refractivity (Wildman–Crippen MR) is 114 cm³/mol. The molecular formula is C22H27N5OS. The average molecular weight is 410 g/mol. The number of carbonyl (C=O) groups excluding carboxylic acids is 1. The molecule has 1 saturated heterocycles. The van der Waals surface area contributed by atoms with E-state index in [1.807, 2.05) is 23.1 Å². The van der Waals surface area contributed by atoms with Gasteiger partial charge in [-0.25, -0.2) is 4.98 Å². The van der Waals surface area contributed by atoms with Crippen LogP contribution in [0.1, 0.15) is 61.1 Å². The monoisotopic (exact) mass is 409 g/mol. The van der Waals surface area contributed by atoms with Gasteiger partial charge in [-0.15, -0.1) is 21.5 Å². The Hall–Kier alpha value is -2.28. The van der Waals surface area contributed by atoms with Crippen LogP contribution in [-0.4, -0.2) is 43.6 Å². The van der Waals surface area contributed by atoms with Gasteiger partial charge in [-0.05, 0) is 37.8 Å². The van der Waals surface area contributed by atoms with Crippen molar-refractivity contribution in [2.24, 2.45) is 0 Å². The van der Waals surface area contributed by atoms with E-state index < -0.39 is 0 Å². The largest absolute Gasteiger partial charge is 0.342 e. The van der Waals surface area contributed by atoms with Crippen molar-refractivity contribution in [2.45, 2.75) is 63.8 Å². The minimum absolute atomic E-state index is 0.240. The van der Waals surface area contributed by atoms with Crippen LogP contribution in [0, 0.1) is 0 Å². The van der Waals surface area contributed by atoms with E-state index in [2.05, 4.69) is 25.8 Å². The van der Waals surface area contributed by atoms with Crippen LogP contribution in [0.25, 0.3) is 10.2 Å². The summed E-state index contributed by atoms with van der Waals surface area (Å²) in [5.41, 5.74) is 1.03. The lowest BCUT2D eigenvalue weighted by Gasteiger charge is -2.32. The van der Waals surface area contributed by atoms with E-state index in [1.165, 1.54) is 24.0 Å². The number of likely N-dealkylation sites (tertiary alicyclic amines) is 1. The van der Waals surface area contributed by atoms with Gasteiger partial charge >= 0.3 is 0 Å². The maximum atomic E-state index is 12.9. The number of amides is 1. The van der Waals surface area contributed by atoms with Gasteiger partial charge in [0, 0.05) is 44.8 Å². The maximum absolute atomic E-state index is 12.9. The van der Waals surface area contributed by atoms with Crippen LogP contribution in [0.4, 0.5) is 0 Å². The van der Waals surface area contributed by atoms with Gasteiger partial charge in [0.1, 0.15) is 11.6 Å². The molecule has 1 atom stereocenters. The maximum Gasteiger partial charge on any atom is 0.223 e. The molecule has 29 heavy (non-hydrogen) atoms. The molecule has 1 fully saturated rings. The van der Waals surface area contributed by atoms with Crippen molar-refractivity contribution in [1.29, 1.82) is 0 Å². The SMILES string of the molecule is O=C(CCc1nc2ccccc2s1)N1CCC[C@H](c2nnc3n2CCCCC3)C1. The summed E-state index contributed by atoms with van der Waals surface area (Å²) >= 11 is 1.70. The number of aromatic nitrogens is 4. The fourth-order valence-corrected chi connectivity index (χ4v) is 5.59. The lowest BCUT2D eigenvalue weighted by atomic mass is 9.96. The number of thiazole rings is 1. The Balaban J connectivity index is 1.23. The number of rotatable bonds is 4. The highest BCUT2D eigenvalue weighted by Gasteiger charge is 2.29. The van der Waals surface area contributed by atoms with Crippen molar-refractivity contribution < 1.29 is 4.79 Å². The predicted octanol–water partition coefficient (Wildman–Crippen LogP) is 3.95. The number of para-hydroxylation sites is 1. The van der Waals surface area contributed by atoms with Gasteiger partial charge in [0.15, 0.2) is 0 Å². The summed E-state index contributed by atoms with van der Waals surface area (Å²) in [5.74, 6) is 2.79. The first-order valence-electron chi connectivity index (χ1n) is 10.8. The van der Waals surface area contributed by atoms with Gasteiger partial charge in [-0.3, -0.25) is 4.79 Å². The number of aryl methyl sites for hydroxylation is 2. The summed E-state index contributed by atoms with van der Waals surface area (Å²) in [6.45, 7) is 2.66. The first kappa shape index (κ1) is 18.7. The molecule has 1 aromatic carbocycles. The summed E-state index contributed by atoms with van der Waals surface area (Å²) in [6.07, 6.45) is 8.10. The molecule has 0 aliphatic carbocycles. The normalized spacial score (nSPS) is 19.9. The number of hydrogen-bond acceptors (Lipinski definition) is 5. The molecular weight excluding hydrogens is 382 g/mol. The van der Waals surface area contributed by atoms with Crippen molar-refractivity contribution in [2.75, 3.05) is 13.1 Å². The van der Waals surface area contributed by atoms with Gasteiger partial charge < -0.3 is 9.47 Å². The Labute approximate surface area is 175 Å². The summed E-state index contributed by atoms with van der Waals surface area (Å²) in [7, 11) is 0. The molecule has 3 aromatic rings. The number of nitrogens with zero attached hydrogens (tertiary/aromatic N) is 5. The molecule has 5 rings (SSSR count). The quantitative estimate of drug-likeness (QED) is 0.654. The van der Waals surface area contributed by atoms with Gasteiger partial charge in [0.25, 0.3) is 0 Å². The third-order valence-corrected chi connectivity index (χ3v) is 7.26. The van der Waals surface area contributed by atoms with Crippen molar-refractivity contribution >= 4 is 27.5 Å². The van der Waals surface area contributed by atoms with E-state index in [9.17, 15) is 4.79 Å². The lowest BCUT2D eigenvalue weighted by Crippen LogP contribution is -2.40. The van der Waals surface area contributed by atoms with Crippen LogP contribution < -0.4 is 0 Å². The zero-order valence-corrected chi connectivity index (χ0v) is 17.5. The van der Waals surface area contributed by atoms with E-state index in [0.29, 0.717) is 12.3 Å². The molecule has 2 aliphatic heterocycles. The molecule has 0 unspecified atom stereocenters. The van der Waals surface area contributed by atoms with Crippen molar-refractivity contribution in [3.8, 4) is 0 Å². The third-order valence-electron chi connectivity index (χ3n) is 6.17. The summed E-state index contributed by atoms with van der Waals surface area (Å²) in [5, 5.41) is 10.1. The van der Waals surface area contributed by atoms with E-state index in [4.69, 9.17) is 0 Å². The fraction of sp³-hybridized carbons (Fsp3) is 0.545. The van der Waals surface area contributed by atoms with E-state index >= 15 is 0 Å². The van der Waals surface area contributed by atoms with Gasteiger partial charge in [0.2, 0.25) is 5.91 Å². The van der Waals surface area contributed by atoms with Crippen LogP contribution in [0.2, 0.25) is 0 Å². The fourth-order valence-electron chi connectivity index (χ4n) is 4.62. The van der Waals surface area contributed by atoms with E-state index in [1.54, 1.807) is 11.3 Å². The number of piperidine rings is 1. The Morgan fingerprint density at radius 1 is 1.10 bits per heavy atom. The number of benzene rings is 1. The van der Waals surface area contributed by atoms with Gasteiger partial charge in [-0.1, -0.05) is 18.6 Å². The van der Waals surface area contributed by atoms with Gasteiger partial charge in [-0.2, -0.15) is 0 Å². The number of hydrogen-bond donors (Lipinski definition) is 0. The van der Waals surface area contributed by atoms with Crippen LogP contribution in [0.15, 0.2) is 24.3 Å². The van der Waals surface area contributed by atoms with Crippen LogP contribution >= 0.6 is 11.3 Å². The molecule has 2 aromatic heterocycles. The highest BCUT2D eigenvalue weighted by molar-refractivity contribution is 7.18. The van der Waals surface area contributed by atoms with Crippen LogP contribution in [-0.2, 0) is 24.2 Å². The highest BCUT2D eigenvalue weighted by atomic mass is 32.1. The Bertz CT molecular complexity index is 977. The first-order valence-corrected chi connectivity index (χ1v) is 11.6. The summed E-state index contributed by atoms with van der Waals surface area (Å²) in [6, 6.07) is 8.17. The smallest absolute Gasteiger partial charge is 0.223 e. The van der Waals surface area contributed by atoms with Gasteiger partial charge in [0.05, 0.1) is 15.2 Å². The molecule has 0 N–H and O–H groups in total. The molecule has 7 heteroatoms. The Kier molecular flexibility index (Phi) is 5.31. The lowest BCUT2D eigenvalue weighted by molar-refractivity contribution is -0.132. The zero-order valence-electron chi connectivity index (χ0n) is 16.7. The molecule has 0 radical (unpaired) electrons. The molecule has 1 amide bonds. The second kappa shape index (κ2) is 8.22. The molecule has 0 saturated carbocycles. The van der Waals surface area contributed by atoms with Crippen molar-refractivity contribution in [3.63, 3.8) is 0 Å². The minimum atomic E-state index is 0.240. The standard InChI is InChI=1S/C22H27N5OS/c28-21(12-11-20-23-17-8-3-4-9-18(17)29-20)26-13-6-7-16(15-26)22-25-24-19-10-2-1-5-14-27(19)22/h3-4,8-9,16H,1-2,5-7,10-15H2/t16-/m0/s1. The summed E-state index contributed by atoms with van der Waals surface area (Å²) < 4.78 is 3.53. The Morgan fingerprint density at radius 3 is 2.97 bits per heavy atom. The Morgan fingerprint density at radius 2 is 2.03 bits per heavy atom. The van der Waals surface area contributed by atoms with Crippen molar-refractivity contribution in [3.05, 3.63) is 40.9 Å². The molecule has 6 nitrogen and oxygen atoms in total. The summed E-state index contributed by atoms with van der Waals surface area (Å²) in [4.78, 5) is 19.6. The van der Waals surface area contributed by atoms with Crippen LogP contribution in [0.5, 0.6) is 0 Å². The topological polar surface area (TPSA) is 63.9 Å². The minimum Gasteiger partial charge on any atom is -0.342 e. The first-order chi connectivity index (χ1) is 14.3. The molecule has 0 spiro atoms. The molecule has 0 bridgehead atoms. The van der Waals surface area contributed by atoms with E-state index in [0.717, 1.165) is 67.5 Å². The highest BCUT2D eigenvalue weighted by Crippen LogP contribution is 2.29. The molecule has 4 heterocycles. The third kappa shape index (κ3) is 3.92. The van der Waals surface area contributed by atoms with Crippen LogP contribution in [0.3, 0.4) is 0 Å². The number of carbonyl (C=O) groups is 1. The molecule has 2 aliphatic rings. The number of fused-ring (bicyclic) bond motifs is 2. The second-order valence-corrected chi connectivity index (χ2v) is 9.31. The van der Waals surface area contributed by atoms with Crippen molar-refractivity contribution in [1.82, 2.24) is 24.6 Å². The molecule has 152 valence electrons. The second-order valence-electron chi connectivity index (χ2n) is 8.19.